The van der Waals surface area contributed by atoms with Gasteiger partial charge in [-0.3, -0.25) is 9.59 Å². The van der Waals surface area contributed by atoms with Gasteiger partial charge < -0.3 is 14.6 Å². The third-order valence-corrected chi connectivity index (χ3v) is 4.49. The number of hydrogen-bond donors (Lipinski definition) is 1. The Bertz CT molecular complexity index is 980. The molecule has 0 radical (unpaired) electrons. The van der Waals surface area contributed by atoms with E-state index < -0.39 is 40.9 Å². The van der Waals surface area contributed by atoms with Crippen LogP contribution >= 0.6 is 0 Å². The van der Waals surface area contributed by atoms with Crippen LogP contribution < -0.4 is 5.32 Å². The number of carbonyl (C=O) groups excluding carboxylic acids is 2. The predicted octanol–water partition coefficient (Wildman–Crippen LogP) is 5.40. The molecule has 0 fully saturated rings. The summed E-state index contributed by atoms with van der Waals surface area (Å²) >= 11 is 0. The van der Waals surface area contributed by atoms with Crippen LogP contribution in [0.4, 0.5) is 26.3 Å². The van der Waals surface area contributed by atoms with Crippen LogP contribution in [0.5, 0.6) is 0 Å². The van der Waals surface area contributed by atoms with Crippen molar-refractivity contribution in [3.63, 3.8) is 0 Å². The number of hydrogen-bond acceptors (Lipinski definition) is 4. The molecule has 12 heteroatoms. The van der Waals surface area contributed by atoms with Crippen molar-refractivity contribution < 1.29 is 40.3 Å². The molecule has 0 saturated heterocycles. The highest BCUT2D eigenvalue weighted by atomic mass is 19.4. The first-order valence-corrected chi connectivity index (χ1v) is 10.4. The highest BCUT2D eigenvalue weighted by Gasteiger charge is 2.38. The van der Waals surface area contributed by atoms with Gasteiger partial charge >= 0.3 is 12.4 Å². The molecule has 0 bridgehead atoms. The van der Waals surface area contributed by atoms with Crippen molar-refractivity contribution in [3.8, 4) is 0 Å². The van der Waals surface area contributed by atoms with E-state index in [0.29, 0.717) is 18.7 Å². The number of amides is 2. The lowest BCUT2D eigenvalue weighted by atomic mass is 10.0. The van der Waals surface area contributed by atoms with Crippen molar-refractivity contribution >= 4 is 11.8 Å². The summed E-state index contributed by atoms with van der Waals surface area (Å²) in [6.45, 7) is 7.24. The van der Waals surface area contributed by atoms with Gasteiger partial charge in [-0.25, -0.2) is 4.98 Å². The fourth-order valence-electron chi connectivity index (χ4n) is 2.96. The fourth-order valence-corrected chi connectivity index (χ4v) is 2.96. The number of nitrogens with zero attached hydrogens (tertiary/aromatic N) is 2. The summed E-state index contributed by atoms with van der Waals surface area (Å²) in [6.07, 6.45) is -9.10. The van der Waals surface area contributed by atoms with Gasteiger partial charge in [0.25, 0.3) is 11.8 Å². The van der Waals surface area contributed by atoms with E-state index in [1.54, 1.807) is 13.8 Å². The van der Waals surface area contributed by atoms with Crippen molar-refractivity contribution in [2.24, 2.45) is 11.8 Å². The van der Waals surface area contributed by atoms with Crippen LogP contribution in [-0.2, 0) is 18.9 Å². The van der Waals surface area contributed by atoms with Crippen LogP contribution in [0.3, 0.4) is 0 Å². The molecule has 188 valence electrons. The lowest BCUT2D eigenvalue weighted by Gasteiger charge is -2.24. The van der Waals surface area contributed by atoms with Gasteiger partial charge in [0.1, 0.15) is 6.26 Å². The van der Waals surface area contributed by atoms with E-state index >= 15 is 0 Å². The molecule has 0 spiro atoms. The number of aromatic nitrogens is 1. The van der Waals surface area contributed by atoms with Crippen LogP contribution in [0, 0.1) is 11.8 Å². The zero-order chi connectivity index (χ0) is 25.8. The fraction of sp³-hybridized carbons (Fsp3) is 0.500. The summed E-state index contributed by atoms with van der Waals surface area (Å²) in [7, 11) is 0. The molecule has 2 rings (SSSR count). The third-order valence-electron chi connectivity index (χ3n) is 4.49. The first-order valence-electron chi connectivity index (χ1n) is 10.4. The molecule has 0 aliphatic rings. The Morgan fingerprint density at radius 3 is 2.00 bits per heavy atom. The Labute approximate surface area is 192 Å². The maximum atomic E-state index is 13.2. The monoisotopic (exact) mass is 493 g/mol. The topological polar surface area (TPSA) is 75.4 Å². The van der Waals surface area contributed by atoms with Crippen molar-refractivity contribution in [1.29, 1.82) is 0 Å². The average molecular weight is 493 g/mol. The molecule has 0 aliphatic heterocycles. The Hall–Kier alpha value is -3.05. The number of alkyl halides is 6. The van der Waals surface area contributed by atoms with Crippen LogP contribution in [0.15, 0.2) is 28.9 Å². The standard InChI is InChI=1S/C22H25F6N3O3/c1-12(2)8-29-19(32)17-11-34-18(30-17)10-31(9-13(3)4)20(33)14-5-15(21(23,24)25)7-16(6-14)22(26,27)28/h5-7,11-13H,8-10H2,1-4H3,(H,29,32). The molecule has 6 nitrogen and oxygen atoms in total. The molecule has 0 atom stereocenters. The number of carbonyl (C=O) groups is 2. The second-order valence-electron chi connectivity index (χ2n) is 8.60. The van der Waals surface area contributed by atoms with Gasteiger partial charge in [-0.15, -0.1) is 0 Å². The van der Waals surface area contributed by atoms with E-state index in [1.165, 1.54) is 0 Å². The molecular weight excluding hydrogens is 468 g/mol. The van der Waals surface area contributed by atoms with Crippen LogP contribution in [0.1, 0.15) is 65.6 Å². The Morgan fingerprint density at radius 1 is 0.971 bits per heavy atom. The van der Waals surface area contributed by atoms with Gasteiger partial charge in [0.15, 0.2) is 5.69 Å². The number of oxazole rings is 1. The summed E-state index contributed by atoms with van der Waals surface area (Å²) in [5.74, 6) is -1.66. The molecule has 0 aliphatic carbocycles. The smallest absolute Gasteiger partial charge is 0.416 e. The summed E-state index contributed by atoms with van der Waals surface area (Å²) in [4.78, 5) is 30.1. The molecule has 2 aromatic rings. The summed E-state index contributed by atoms with van der Waals surface area (Å²) in [6, 6.07) is 0.718. The molecule has 2 amide bonds. The third kappa shape index (κ3) is 7.49. The lowest BCUT2D eigenvalue weighted by molar-refractivity contribution is -0.143. The minimum atomic E-state index is -5.08. The SMILES string of the molecule is CC(C)CNC(=O)c1coc(CN(CC(C)C)C(=O)c2cc(C(F)(F)F)cc(C(F)(F)F)c2)n1. The highest BCUT2D eigenvalue weighted by Crippen LogP contribution is 2.36. The van der Waals surface area contributed by atoms with Gasteiger partial charge in [0.2, 0.25) is 5.89 Å². The maximum Gasteiger partial charge on any atom is 0.416 e. The molecule has 34 heavy (non-hydrogen) atoms. The normalized spacial score (nSPS) is 12.4. The van der Waals surface area contributed by atoms with Gasteiger partial charge in [-0.05, 0) is 30.0 Å². The molecule has 0 unspecified atom stereocenters. The number of halogens is 6. The molecule has 1 N–H and O–H groups in total. The van der Waals surface area contributed by atoms with Crippen LogP contribution in [0.25, 0.3) is 0 Å². The first-order chi connectivity index (χ1) is 15.6. The molecular formula is C22H25F6N3O3. The summed E-state index contributed by atoms with van der Waals surface area (Å²) in [5, 5.41) is 2.63. The van der Waals surface area contributed by atoms with Crippen molar-refractivity contribution in [1.82, 2.24) is 15.2 Å². The summed E-state index contributed by atoms with van der Waals surface area (Å²) in [5.41, 5.74) is -4.01. The van der Waals surface area contributed by atoms with Crippen molar-refractivity contribution in [3.05, 3.63) is 52.7 Å². The van der Waals surface area contributed by atoms with Gasteiger partial charge in [0.05, 0.1) is 17.7 Å². The Balaban J connectivity index is 2.36. The number of nitrogens with one attached hydrogen (secondary N) is 1. The second-order valence-corrected chi connectivity index (χ2v) is 8.60. The van der Waals surface area contributed by atoms with Gasteiger partial charge in [-0.2, -0.15) is 26.3 Å². The highest BCUT2D eigenvalue weighted by molar-refractivity contribution is 5.95. The zero-order valence-corrected chi connectivity index (χ0v) is 19.0. The molecule has 1 aromatic carbocycles. The lowest BCUT2D eigenvalue weighted by Crippen LogP contribution is -2.34. The molecule has 1 heterocycles. The second kappa shape index (κ2) is 10.5. The van der Waals surface area contributed by atoms with E-state index in [0.717, 1.165) is 11.2 Å². The number of benzene rings is 1. The minimum absolute atomic E-state index is 0.00626. The van der Waals surface area contributed by atoms with Crippen LogP contribution in [-0.4, -0.2) is 34.8 Å². The van der Waals surface area contributed by atoms with E-state index in [-0.39, 0.29) is 42.6 Å². The minimum Gasteiger partial charge on any atom is -0.446 e. The van der Waals surface area contributed by atoms with Crippen molar-refractivity contribution in [2.45, 2.75) is 46.6 Å². The number of rotatable bonds is 8. The van der Waals surface area contributed by atoms with E-state index in [1.807, 2.05) is 13.8 Å². The average Bonchev–Trinajstić information content (AvgIpc) is 3.17. The van der Waals surface area contributed by atoms with Gasteiger partial charge in [0, 0.05) is 18.7 Å². The van der Waals surface area contributed by atoms with Crippen LogP contribution in [0.2, 0.25) is 0 Å². The van der Waals surface area contributed by atoms with E-state index in [2.05, 4.69) is 10.3 Å². The molecule has 0 saturated carbocycles. The Kier molecular flexibility index (Phi) is 8.38. The summed E-state index contributed by atoms with van der Waals surface area (Å²) < 4.78 is 84.4. The largest absolute Gasteiger partial charge is 0.446 e. The maximum absolute atomic E-state index is 13.2. The quantitative estimate of drug-likeness (QED) is 0.500. The zero-order valence-electron chi connectivity index (χ0n) is 19.0. The predicted molar refractivity (Wildman–Crippen MR) is 110 cm³/mol. The van der Waals surface area contributed by atoms with E-state index in [9.17, 15) is 35.9 Å². The molecule has 1 aromatic heterocycles. The first kappa shape index (κ1) is 27.2. The Morgan fingerprint density at radius 2 is 1.53 bits per heavy atom. The van der Waals surface area contributed by atoms with Gasteiger partial charge in [-0.1, -0.05) is 27.7 Å². The van der Waals surface area contributed by atoms with Crippen molar-refractivity contribution in [2.75, 3.05) is 13.1 Å². The van der Waals surface area contributed by atoms with E-state index in [4.69, 9.17) is 4.42 Å².